The van der Waals surface area contributed by atoms with E-state index in [-0.39, 0.29) is 31.2 Å². The van der Waals surface area contributed by atoms with Crippen molar-refractivity contribution >= 4 is 41.4 Å². The van der Waals surface area contributed by atoms with E-state index in [0.29, 0.717) is 30.6 Å². The van der Waals surface area contributed by atoms with E-state index in [9.17, 15) is 38.7 Å². The number of ether oxygens (including phenoxy) is 3. The SMILES string of the molecule is CC[C@H](C)[C@H]1NC(=O)[C@@H](N)[C@@H](C)OC(=O)[C@H](Cc2ccc(OC)cc2)N(C)C(=O)C2CCCN2C(=O)[C@H](CC(C)C)NC(=O)[C@@H](C)C(=O)[C@H](C(C)C)OC(=O)C[C@@H]1O. The number of hydrogen-bond donors (Lipinski definition) is 4. The van der Waals surface area contributed by atoms with E-state index in [0.717, 1.165) is 0 Å². The number of aliphatic hydroxyl groups excluding tert-OH is 1. The van der Waals surface area contributed by atoms with Crippen LogP contribution in [0.3, 0.4) is 0 Å². The first kappa shape index (κ1) is 47.8. The van der Waals surface area contributed by atoms with Crippen LogP contribution in [0, 0.1) is 23.7 Å². The molecule has 1 unspecified atom stereocenters. The van der Waals surface area contributed by atoms with Crippen LogP contribution in [0.1, 0.15) is 93.1 Å². The number of ketones is 1. The van der Waals surface area contributed by atoms with Gasteiger partial charge in [-0.3, -0.25) is 28.8 Å². The fraction of sp³-hybridized carbons (Fsp3) is 0.690. The second-order valence-corrected chi connectivity index (χ2v) is 16.5. The van der Waals surface area contributed by atoms with Crippen LogP contribution in [0.25, 0.3) is 0 Å². The molecular formula is C42H65N5O11. The number of aliphatic hydroxyl groups is 1. The third kappa shape index (κ3) is 12.2. The topological polar surface area (TPSA) is 224 Å². The minimum Gasteiger partial charge on any atom is -0.497 e. The molecule has 5 N–H and O–H groups in total. The van der Waals surface area contributed by atoms with Gasteiger partial charge in [0.05, 0.1) is 31.6 Å². The summed E-state index contributed by atoms with van der Waals surface area (Å²) in [6.07, 6.45) is -3.15. The minimum atomic E-state index is -1.47. The normalized spacial score (nSPS) is 29.8. The fourth-order valence-electron chi connectivity index (χ4n) is 7.30. The van der Waals surface area contributed by atoms with Gasteiger partial charge in [0.25, 0.3) is 0 Å². The molecule has 1 aromatic rings. The predicted octanol–water partition coefficient (Wildman–Crippen LogP) is 1.91. The Hall–Kier alpha value is -4.57. The second-order valence-electron chi connectivity index (χ2n) is 16.5. The highest BCUT2D eigenvalue weighted by atomic mass is 16.6. The van der Waals surface area contributed by atoms with Gasteiger partial charge in [-0.15, -0.1) is 0 Å². The highest BCUT2D eigenvalue weighted by Gasteiger charge is 2.43. The summed E-state index contributed by atoms with van der Waals surface area (Å²) in [4.78, 5) is 99.7. The number of carbonyl (C=O) groups excluding carboxylic acids is 7. The number of methoxy groups -OCH3 is 1. The van der Waals surface area contributed by atoms with Crippen molar-refractivity contribution in [2.24, 2.45) is 29.4 Å². The molecule has 324 valence electrons. The molecule has 10 atom stereocenters. The Labute approximate surface area is 342 Å². The van der Waals surface area contributed by atoms with Crippen LogP contribution in [-0.4, -0.2) is 125 Å². The molecule has 1 aromatic carbocycles. The van der Waals surface area contributed by atoms with E-state index in [1.54, 1.807) is 45.0 Å². The summed E-state index contributed by atoms with van der Waals surface area (Å²) in [6, 6.07) is 1.21. The Morgan fingerprint density at radius 1 is 0.931 bits per heavy atom. The van der Waals surface area contributed by atoms with E-state index in [1.165, 1.54) is 37.8 Å². The fourth-order valence-corrected chi connectivity index (χ4v) is 7.30. The molecule has 16 nitrogen and oxygen atoms in total. The molecule has 0 radical (unpaired) electrons. The minimum absolute atomic E-state index is 0.00753. The summed E-state index contributed by atoms with van der Waals surface area (Å²) in [6.45, 7) is 13.7. The van der Waals surface area contributed by atoms with Gasteiger partial charge in [-0.25, -0.2) is 4.79 Å². The van der Waals surface area contributed by atoms with Gasteiger partial charge >= 0.3 is 11.9 Å². The lowest BCUT2D eigenvalue weighted by molar-refractivity contribution is -0.162. The van der Waals surface area contributed by atoms with Crippen molar-refractivity contribution in [2.75, 3.05) is 20.7 Å². The zero-order valence-electron chi connectivity index (χ0n) is 35.7. The Bertz CT molecular complexity index is 1620. The molecule has 0 bridgehead atoms. The van der Waals surface area contributed by atoms with E-state index >= 15 is 0 Å². The highest BCUT2D eigenvalue weighted by Crippen LogP contribution is 2.25. The summed E-state index contributed by atoms with van der Waals surface area (Å²) in [7, 11) is 2.97. The van der Waals surface area contributed by atoms with Crippen molar-refractivity contribution in [1.29, 1.82) is 0 Å². The summed E-state index contributed by atoms with van der Waals surface area (Å²) in [5, 5.41) is 16.7. The predicted molar refractivity (Wildman–Crippen MR) is 214 cm³/mol. The summed E-state index contributed by atoms with van der Waals surface area (Å²) < 4.78 is 16.7. The van der Waals surface area contributed by atoms with E-state index < -0.39 is 108 Å². The molecule has 2 fully saturated rings. The zero-order valence-corrected chi connectivity index (χ0v) is 35.7. The molecule has 0 spiro atoms. The number of Topliss-reactive ketones (excluding diaryl/α,β-unsaturated/α-hetero) is 1. The number of benzene rings is 1. The molecule has 2 aliphatic rings. The molecule has 16 heteroatoms. The van der Waals surface area contributed by atoms with Gasteiger partial charge in [-0.1, -0.05) is 60.1 Å². The lowest BCUT2D eigenvalue weighted by atomic mass is 9.91. The molecule has 58 heavy (non-hydrogen) atoms. The third-order valence-corrected chi connectivity index (χ3v) is 11.2. The molecule has 2 heterocycles. The van der Waals surface area contributed by atoms with Crippen molar-refractivity contribution in [1.82, 2.24) is 20.4 Å². The first-order valence-electron chi connectivity index (χ1n) is 20.4. The monoisotopic (exact) mass is 815 g/mol. The Morgan fingerprint density at radius 2 is 1.57 bits per heavy atom. The van der Waals surface area contributed by atoms with Crippen molar-refractivity contribution in [3.8, 4) is 5.75 Å². The summed E-state index contributed by atoms with van der Waals surface area (Å²) in [5.74, 6) is -6.77. The number of likely N-dealkylation sites (N-methyl/N-ethyl adjacent to an activating group) is 1. The number of esters is 2. The summed E-state index contributed by atoms with van der Waals surface area (Å²) >= 11 is 0. The maximum atomic E-state index is 14.4. The molecule has 2 aliphatic heterocycles. The number of cyclic esters (lactones) is 2. The quantitative estimate of drug-likeness (QED) is 0.218. The average Bonchev–Trinajstić information content (AvgIpc) is 3.68. The van der Waals surface area contributed by atoms with E-state index in [1.807, 2.05) is 20.8 Å². The number of nitrogens with two attached hydrogens (primary N) is 1. The van der Waals surface area contributed by atoms with Gasteiger partial charge in [-0.05, 0) is 68.6 Å². The maximum Gasteiger partial charge on any atom is 0.329 e. The number of rotatable bonds is 8. The van der Waals surface area contributed by atoms with Gasteiger partial charge in [0.15, 0.2) is 11.9 Å². The Morgan fingerprint density at radius 3 is 2.14 bits per heavy atom. The Balaban J connectivity index is 2.11. The molecule has 0 saturated carbocycles. The van der Waals surface area contributed by atoms with Crippen LogP contribution < -0.4 is 21.1 Å². The van der Waals surface area contributed by atoms with Gasteiger partial charge < -0.3 is 45.5 Å². The van der Waals surface area contributed by atoms with Crippen molar-refractivity contribution in [3.63, 3.8) is 0 Å². The molecular weight excluding hydrogens is 750 g/mol. The van der Waals surface area contributed by atoms with Crippen LogP contribution in [0.5, 0.6) is 5.75 Å². The lowest BCUT2D eigenvalue weighted by Gasteiger charge is -2.35. The van der Waals surface area contributed by atoms with Gasteiger partial charge in [-0.2, -0.15) is 0 Å². The molecule has 0 aliphatic carbocycles. The molecule has 2 saturated heterocycles. The number of fused-ring (bicyclic) bond motifs is 1. The van der Waals surface area contributed by atoms with Gasteiger partial charge in [0, 0.05) is 20.0 Å². The average molecular weight is 816 g/mol. The Kier molecular flexibility index (Phi) is 17.7. The van der Waals surface area contributed by atoms with Crippen LogP contribution in [-0.2, 0) is 49.5 Å². The van der Waals surface area contributed by atoms with Gasteiger partial charge in [0.2, 0.25) is 23.6 Å². The molecule has 0 aromatic heterocycles. The number of nitrogens with one attached hydrogen (secondary N) is 2. The zero-order chi connectivity index (χ0) is 43.6. The number of nitrogens with zero attached hydrogens (tertiary/aromatic N) is 2. The van der Waals surface area contributed by atoms with E-state index in [4.69, 9.17) is 19.9 Å². The number of carbonyl (C=O) groups is 7. The number of amides is 4. The van der Waals surface area contributed by atoms with E-state index in [2.05, 4.69) is 10.6 Å². The van der Waals surface area contributed by atoms with Crippen molar-refractivity contribution in [2.45, 2.75) is 142 Å². The van der Waals surface area contributed by atoms with Crippen LogP contribution in [0.4, 0.5) is 0 Å². The van der Waals surface area contributed by atoms with Crippen LogP contribution >= 0.6 is 0 Å². The molecule has 4 amide bonds. The van der Waals surface area contributed by atoms with Crippen molar-refractivity contribution < 1.29 is 52.9 Å². The maximum absolute atomic E-state index is 14.4. The van der Waals surface area contributed by atoms with Crippen LogP contribution in [0.2, 0.25) is 0 Å². The highest BCUT2D eigenvalue weighted by molar-refractivity contribution is 6.05. The smallest absolute Gasteiger partial charge is 0.329 e. The summed E-state index contributed by atoms with van der Waals surface area (Å²) in [5.41, 5.74) is 7.01. The second kappa shape index (κ2) is 21.4. The molecule has 3 rings (SSSR count). The largest absolute Gasteiger partial charge is 0.497 e. The van der Waals surface area contributed by atoms with Crippen LogP contribution in [0.15, 0.2) is 24.3 Å². The first-order valence-corrected chi connectivity index (χ1v) is 20.4. The first-order chi connectivity index (χ1) is 27.2. The van der Waals surface area contributed by atoms with Gasteiger partial charge in [0.1, 0.15) is 36.0 Å². The lowest BCUT2D eigenvalue weighted by Crippen LogP contribution is -2.58. The standard InChI is InChI=1S/C42H65N5O11/c1-11-24(6)35-32(48)21-33(49)58-37(23(4)5)36(50)25(7)38(51)44-29(19-22(2)3)40(53)47-18-12-13-30(47)41(54)46(9)31(20-27-14-16-28(56-10)17-15-27)42(55)57-26(8)34(43)39(52)45-35/h14-17,22-26,29-32,34-35,37,48H,11-13,18-21,43H2,1-10H3,(H,44,51)(H,45,52)/t24-,25-,26+,29-,30?,31-,32-,34-,35+,37-/m0/s1. The number of hydrogen-bond acceptors (Lipinski definition) is 12. The third-order valence-electron chi connectivity index (χ3n) is 11.2. The van der Waals surface area contributed by atoms with Crippen molar-refractivity contribution in [3.05, 3.63) is 29.8 Å².